The second kappa shape index (κ2) is 7.12. The van der Waals surface area contributed by atoms with Crippen molar-refractivity contribution in [2.24, 2.45) is 0 Å². The molecule has 126 valence electrons. The third-order valence-corrected chi connectivity index (χ3v) is 3.64. The van der Waals surface area contributed by atoms with Crippen molar-refractivity contribution in [3.8, 4) is 6.01 Å². The molecule has 1 atom stereocenters. The van der Waals surface area contributed by atoms with Gasteiger partial charge in [-0.1, -0.05) is 11.6 Å². The number of piperidine rings is 1. The van der Waals surface area contributed by atoms with Gasteiger partial charge in [0.2, 0.25) is 0 Å². The second-order valence-corrected chi connectivity index (χ2v) is 6.36. The smallest absolute Gasteiger partial charge is 0.316 e. The summed E-state index contributed by atoms with van der Waals surface area (Å²) in [7, 11) is 0. The molecular weight excluding hydrogens is 322 g/mol. The lowest BCUT2D eigenvalue weighted by atomic mass is 10.0. The molecule has 8 heteroatoms. The molecule has 1 aromatic heterocycles. The van der Waals surface area contributed by atoms with Gasteiger partial charge in [0.05, 0.1) is 24.0 Å². The van der Waals surface area contributed by atoms with Crippen LogP contribution in [0.5, 0.6) is 6.01 Å². The Morgan fingerprint density at radius 2 is 2.00 bits per heavy atom. The highest BCUT2D eigenvalue weighted by Crippen LogP contribution is 2.21. The minimum atomic E-state index is -1.19. The van der Waals surface area contributed by atoms with E-state index >= 15 is 0 Å². The van der Waals surface area contributed by atoms with Crippen LogP contribution in [0.15, 0.2) is 12.4 Å². The summed E-state index contributed by atoms with van der Waals surface area (Å²) in [6.45, 7) is 5.46. The molecule has 1 amide bonds. The van der Waals surface area contributed by atoms with E-state index in [1.165, 1.54) is 19.3 Å². The molecule has 0 spiro atoms. The van der Waals surface area contributed by atoms with Crippen LogP contribution in [-0.4, -0.2) is 51.5 Å². The summed E-state index contributed by atoms with van der Waals surface area (Å²) < 4.78 is 10.8. The highest BCUT2D eigenvalue weighted by Gasteiger charge is 2.37. The van der Waals surface area contributed by atoms with Crippen LogP contribution in [-0.2, 0) is 14.3 Å². The summed E-state index contributed by atoms with van der Waals surface area (Å²) in [6, 6.07) is 0.230. The third-order valence-electron chi connectivity index (χ3n) is 3.45. The molecule has 0 saturated carbocycles. The monoisotopic (exact) mass is 341 g/mol. The van der Waals surface area contributed by atoms with Gasteiger partial charge in [0, 0.05) is 13.5 Å². The van der Waals surface area contributed by atoms with Crippen LogP contribution in [0.4, 0.5) is 0 Å². The molecule has 0 aliphatic carbocycles. The van der Waals surface area contributed by atoms with E-state index in [4.69, 9.17) is 21.1 Å². The van der Waals surface area contributed by atoms with E-state index in [-0.39, 0.29) is 18.0 Å². The van der Waals surface area contributed by atoms with E-state index in [0.717, 1.165) is 12.8 Å². The average molecular weight is 342 g/mol. The van der Waals surface area contributed by atoms with Crippen LogP contribution in [0.2, 0.25) is 5.02 Å². The maximum absolute atomic E-state index is 12.5. The zero-order chi connectivity index (χ0) is 17.0. The molecule has 0 bridgehead atoms. The zero-order valence-electron chi connectivity index (χ0n) is 13.4. The largest absolute Gasteiger partial charge is 0.458 e. The summed E-state index contributed by atoms with van der Waals surface area (Å²) >= 11 is 5.74. The fraction of sp³-hybridized carbons (Fsp3) is 0.600. The highest BCUT2D eigenvalue weighted by atomic mass is 35.5. The minimum absolute atomic E-state index is 0.206. The van der Waals surface area contributed by atoms with Gasteiger partial charge in [0.25, 0.3) is 5.91 Å². The molecule has 1 aliphatic rings. The van der Waals surface area contributed by atoms with Gasteiger partial charge in [0.15, 0.2) is 5.60 Å². The summed E-state index contributed by atoms with van der Waals surface area (Å²) in [6.07, 6.45) is 4.30. The van der Waals surface area contributed by atoms with Crippen molar-refractivity contribution in [3.63, 3.8) is 0 Å². The molecule has 2 heterocycles. The molecule has 7 nitrogen and oxygen atoms in total. The Morgan fingerprint density at radius 1 is 1.35 bits per heavy atom. The molecule has 1 unspecified atom stereocenters. The van der Waals surface area contributed by atoms with E-state index in [0.29, 0.717) is 18.1 Å². The lowest BCUT2D eigenvalue weighted by molar-refractivity contribution is -0.169. The first kappa shape index (κ1) is 17.5. The number of aromatic nitrogens is 2. The van der Waals surface area contributed by atoms with Crippen molar-refractivity contribution < 1.29 is 19.1 Å². The summed E-state index contributed by atoms with van der Waals surface area (Å²) in [5.41, 5.74) is -1.19. The van der Waals surface area contributed by atoms with Crippen molar-refractivity contribution in [2.75, 3.05) is 13.1 Å². The van der Waals surface area contributed by atoms with Crippen molar-refractivity contribution in [1.29, 1.82) is 0 Å². The molecule has 0 aromatic carbocycles. The standard InChI is InChI=1S/C15H20ClN3O4/c1-10(20)23-15(2,3)13(21)19-6-4-5-12(9-19)22-14-17-7-11(16)8-18-14/h7-8,12H,4-6,9H2,1-3H3. The van der Waals surface area contributed by atoms with Gasteiger partial charge < -0.3 is 14.4 Å². The van der Waals surface area contributed by atoms with Gasteiger partial charge in [-0.25, -0.2) is 9.97 Å². The van der Waals surface area contributed by atoms with E-state index in [2.05, 4.69) is 9.97 Å². The average Bonchev–Trinajstić information content (AvgIpc) is 2.48. The molecule has 1 saturated heterocycles. The number of hydrogen-bond donors (Lipinski definition) is 0. The van der Waals surface area contributed by atoms with Crippen molar-refractivity contribution in [3.05, 3.63) is 17.4 Å². The van der Waals surface area contributed by atoms with Gasteiger partial charge in [0.1, 0.15) is 6.10 Å². The molecule has 1 fully saturated rings. The maximum atomic E-state index is 12.5. The van der Waals surface area contributed by atoms with Crippen LogP contribution < -0.4 is 4.74 Å². The fourth-order valence-corrected chi connectivity index (χ4v) is 2.61. The Bertz CT molecular complexity index is 577. The van der Waals surface area contributed by atoms with Crippen molar-refractivity contribution in [1.82, 2.24) is 14.9 Å². The topological polar surface area (TPSA) is 81.6 Å². The first-order valence-corrected chi connectivity index (χ1v) is 7.79. The molecular formula is C15H20ClN3O4. The molecule has 0 radical (unpaired) electrons. The fourth-order valence-electron chi connectivity index (χ4n) is 2.51. The lowest BCUT2D eigenvalue weighted by Gasteiger charge is -2.36. The number of amides is 1. The Morgan fingerprint density at radius 3 is 2.61 bits per heavy atom. The Labute approximate surface area is 139 Å². The van der Waals surface area contributed by atoms with Crippen LogP contribution in [0.25, 0.3) is 0 Å². The number of hydrogen-bond acceptors (Lipinski definition) is 6. The first-order chi connectivity index (χ1) is 10.8. The van der Waals surface area contributed by atoms with E-state index in [1.807, 2.05) is 0 Å². The van der Waals surface area contributed by atoms with Crippen LogP contribution in [0, 0.1) is 0 Å². The van der Waals surface area contributed by atoms with Gasteiger partial charge in [-0.3, -0.25) is 9.59 Å². The quantitative estimate of drug-likeness (QED) is 0.777. The van der Waals surface area contributed by atoms with E-state index in [1.54, 1.807) is 18.7 Å². The van der Waals surface area contributed by atoms with Gasteiger partial charge >= 0.3 is 12.0 Å². The van der Waals surface area contributed by atoms with Crippen molar-refractivity contribution >= 4 is 23.5 Å². The number of carbonyl (C=O) groups is 2. The Balaban J connectivity index is 1.98. The van der Waals surface area contributed by atoms with Gasteiger partial charge in [-0.05, 0) is 26.7 Å². The Hall–Kier alpha value is -1.89. The van der Waals surface area contributed by atoms with Gasteiger partial charge in [-0.2, -0.15) is 0 Å². The van der Waals surface area contributed by atoms with Gasteiger partial charge in [-0.15, -0.1) is 0 Å². The minimum Gasteiger partial charge on any atom is -0.458 e. The number of halogens is 1. The zero-order valence-corrected chi connectivity index (χ0v) is 14.2. The third kappa shape index (κ3) is 4.79. The molecule has 1 aliphatic heterocycles. The molecule has 1 aromatic rings. The predicted molar refractivity (Wildman–Crippen MR) is 83.1 cm³/mol. The molecule has 0 N–H and O–H groups in total. The van der Waals surface area contributed by atoms with Crippen LogP contribution in [0.3, 0.4) is 0 Å². The molecule has 23 heavy (non-hydrogen) atoms. The normalized spacial score (nSPS) is 18.4. The number of carbonyl (C=O) groups excluding carboxylic acids is 2. The Kier molecular flexibility index (Phi) is 5.41. The second-order valence-electron chi connectivity index (χ2n) is 5.92. The maximum Gasteiger partial charge on any atom is 0.316 e. The number of rotatable bonds is 4. The predicted octanol–water partition coefficient (Wildman–Crippen LogP) is 1.84. The molecule has 2 rings (SSSR count). The number of esters is 1. The SMILES string of the molecule is CC(=O)OC(C)(C)C(=O)N1CCCC(Oc2ncc(Cl)cn2)C1. The highest BCUT2D eigenvalue weighted by molar-refractivity contribution is 6.30. The number of likely N-dealkylation sites (tertiary alicyclic amines) is 1. The first-order valence-electron chi connectivity index (χ1n) is 7.41. The summed E-state index contributed by atoms with van der Waals surface area (Å²) in [5.74, 6) is -0.722. The van der Waals surface area contributed by atoms with E-state index < -0.39 is 11.6 Å². The van der Waals surface area contributed by atoms with Crippen molar-refractivity contribution in [2.45, 2.75) is 45.3 Å². The summed E-state index contributed by atoms with van der Waals surface area (Å²) in [4.78, 5) is 33.3. The summed E-state index contributed by atoms with van der Waals surface area (Å²) in [5, 5.41) is 0.431. The lowest BCUT2D eigenvalue weighted by Crippen LogP contribution is -2.53. The number of ether oxygens (including phenoxy) is 2. The van der Waals surface area contributed by atoms with E-state index in [9.17, 15) is 9.59 Å². The van der Waals surface area contributed by atoms with Crippen LogP contribution in [0.1, 0.15) is 33.6 Å². The number of nitrogens with zero attached hydrogens (tertiary/aromatic N) is 3. The van der Waals surface area contributed by atoms with Crippen LogP contribution >= 0.6 is 11.6 Å².